The summed E-state index contributed by atoms with van der Waals surface area (Å²) in [7, 11) is 0. The van der Waals surface area contributed by atoms with Crippen molar-refractivity contribution in [3.05, 3.63) is 59.8 Å². The van der Waals surface area contributed by atoms with E-state index in [0.717, 1.165) is 31.5 Å². The first-order chi connectivity index (χ1) is 13.4. The Balaban J connectivity index is 1.87. The highest BCUT2D eigenvalue weighted by atomic mass is 16.6. The van der Waals surface area contributed by atoms with Crippen molar-refractivity contribution in [3.8, 4) is 0 Å². The third kappa shape index (κ3) is 4.90. The van der Waals surface area contributed by atoms with Gasteiger partial charge in [-0.25, -0.2) is 9.78 Å². The third-order valence-corrected chi connectivity index (χ3v) is 4.95. The van der Waals surface area contributed by atoms with Crippen LogP contribution in [0.2, 0.25) is 0 Å². The molecule has 0 radical (unpaired) electrons. The highest BCUT2D eigenvalue weighted by Crippen LogP contribution is 2.37. The summed E-state index contributed by atoms with van der Waals surface area (Å²) in [4.78, 5) is 21.5. The molecule has 28 heavy (non-hydrogen) atoms. The van der Waals surface area contributed by atoms with Crippen molar-refractivity contribution in [1.82, 2.24) is 9.88 Å². The van der Waals surface area contributed by atoms with Gasteiger partial charge in [0.2, 0.25) is 0 Å². The van der Waals surface area contributed by atoms with Crippen molar-refractivity contribution < 1.29 is 9.53 Å². The molecule has 0 bridgehead atoms. The van der Waals surface area contributed by atoms with E-state index in [1.165, 1.54) is 5.56 Å². The Morgan fingerprint density at radius 2 is 1.96 bits per heavy atom. The lowest BCUT2D eigenvalue weighted by Crippen LogP contribution is -2.38. The number of carbonyl (C=O) groups is 1. The smallest absolute Gasteiger partial charge is 0.415 e. The molecule has 1 aliphatic heterocycles. The Morgan fingerprint density at radius 1 is 1.21 bits per heavy atom. The van der Waals surface area contributed by atoms with Gasteiger partial charge in [-0.3, -0.25) is 9.80 Å². The first-order valence-electron chi connectivity index (χ1n) is 10.1. The van der Waals surface area contributed by atoms with Crippen molar-refractivity contribution in [1.29, 1.82) is 0 Å². The number of amides is 1. The minimum Gasteiger partial charge on any atom is -0.443 e. The number of ether oxygens (including phenoxy) is 1. The maximum Gasteiger partial charge on any atom is 0.415 e. The van der Waals surface area contributed by atoms with Crippen LogP contribution in [0.1, 0.15) is 57.7 Å². The van der Waals surface area contributed by atoms with E-state index in [1.807, 2.05) is 39.8 Å². The Morgan fingerprint density at radius 3 is 2.64 bits per heavy atom. The van der Waals surface area contributed by atoms with E-state index in [-0.39, 0.29) is 12.1 Å². The fraction of sp³-hybridized carbons (Fsp3) is 0.478. The lowest BCUT2D eigenvalue weighted by molar-refractivity contribution is 0.0580. The van der Waals surface area contributed by atoms with Crippen molar-refractivity contribution in [2.75, 3.05) is 18.0 Å². The molecule has 3 rings (SSSR count). The van der Waals surface area contributed by atoms with E-state index < -0.39 is 5.60 Å². The first kappa shape index (κ1) is 20.3. The second-order valence-electron chi connectivity index (χ2n) is 8.25. The van der Waals surface area contributed by atoms with E-state index in [2.05, 4.69) is 40.2 Å². The van der Waals surface area contributed by atoms with E-state index >= 15 is 0 Å². The number of benzene rings is 1. The molecule has 0 unspecified atom stereocenters. The molecular formula is C23H31N3O2. The number of nitrogens with zero attached hydrogens (tertiary/aromatic N) is 3. The maximum atomic E-state index is 12.8. The van der Waals surface area contributed by atoms with Gasteiger partial charge in [0.15, 0.2) is 0 Å². The highest BCUT2D eigenvalue weighted by Gasteiger charge is 2.32. The van der Waals surface area contributed by atoms with E-state index in [0.29, 0.717) is 12.4 Å². The van der Waals surface area contributed by atoms with Crippen molar-refractivity contribution in [3.63, 3.8) is 0 Å². The SMILES string of the molecule is CCN(C(=O)OC(C)(C)C)c1ncccc1[C@H]1CCCN1Cc1ccccc1. The zero-order chi connectivity index (χ0) is 20.1. The second-order valence-corrected chi connectivity index (χ2v) is 8.25. The highest BCUT2D eigenvalue weighted by molar-refractivity contribution is 5.87. The molecule has 150 valence electrons. The summed E-state index contributed by atoms with van der Waals surface area (Å²) in [6.45, 7) is 10.1. The molecule has 1 aromatic heterocycles. The number of aromatic nitrogens is 1. The van der Waals surface area contributed by atoms with Crippen LogP contribution in [0.5, 0.6) is 0 Å². The van der Waals surface area contributed by atoms with Crippen molar-refractivity contribution in [2.24, 2.45) is 0 Å². The van der Waals surface area contributed by atoms with Crippen LogP contribution in [0.4, 0.5) is 10.6 Å². The molecule has 1 atom stereocenters. The Labute approximate surface area is 168 Å². The van der Waals surface area contributed by atoms with Crippen LogP contribution in [0, 0.1) is 0 Å². The van der Waals surface area contributed by atoms with Crippen LogP contribution in [0.25, 0.3) is 0 Å². The first-order valence-corrected chi connectivity index (χ1v) is 10.1. The van der Waals surface area contributed by atoms with Gasteiger partial charge in [-0.1, -0.05) is 36.4 Å². The number of pyridine rings is 1. The number of anilines is 1. The number of likely N-dealkylation sites (tertiary alicyclic amines) is 1. The van der Waals surface area contributed by atoms with Gasteiger partial charge >= 0.3 is 6.09 Å². The molecule has 2 aromatic rings. The fourth-order valence-electron chi connectivity index (χ4n) is 3.76. The van der Waals surface area contributed by atoms with E-state index in [4.69, 9.17) is 4.74 Å². The quantitative estimate of drug-likeness (QED) is 0.716. The molecule has 5 heteroatoms. The molecule has 0 N–H and O–H groups in total. The topological polar surface area (TPSA) is 45.7 Å². The van der Waals surface area contributed by atoms with Gasteiger partial charge in [-0.2, -0.15) is 0 Å². The Bertz CT molecular complexity index is 786. The summed E-state index contributed by atoms with van der Waals surface area (Å²) in [6.07, 6.45) is 3.62. The predicted molar refractivity (Wildman–Crippen MR) is 112 cm³/mol. The summed E-state index contributed by atoms with van der Waals surface area (Å²) in [6, 6.07) is 14.8. The van der Waals surface area contributed by atoms with Crippen LogP contribution in [0.3, 0.4) is 0 Å². The van der Waals surface area contributed by atoms with Crippen LogP contribution in [-0.4, -0.2) is 34.7 Å². The zero-order valence-corrected chi connectivity index (χ0v) is 17.4. The number of hydrogen-bond acceptors (Lipinski definition) is 4. The molecule has 0 saturated carbocycles. The molecule has 1 saturated heterocycles. The molecule has 5 nitrogen and oxygen atoms in total. The van der Waals surface area contributed by atoms with E-state index in [9.17, 15) is 4.79 Å². The molecule has 0 aliphatic carbocycles. The minimum atomic E-state index is -0.536. The molecule has 1 amide bonds. The van der Waals surface area contributed by atoms with Gasteiger partial charge in [-0.15, -0.1) is 0 Å². The monoisotopic (exact) mass is 381 g/mol. The van der Waals surface area contributed by atoms with Crippen LogP contribution in [0.15, 0.2) is 48.7 Å². The molecule has 0 spiro atoms. The van der Waals surface area contributed by atoms with Gasteiger partial charge in [0.1, 0.15) is 11.4 Å². The average Bonchev–Trinajstić information content (AvgIpc) is 3.10. The molecular weight excluding hydrogens is 350 g/mol. The molecule has 2 heterocycles. The number of carbonyl (C=O) groups excluding carboxylic acids is 1. The molecule has 1 fully saturated rings. The van der Waals surface area contributed by atoms with Crippen LogP contribution >= 0.6 is 0 Å². The number of hydrogen-bond donors (Lipinski definition) is 0. The van der Waals surface area contributed by atoms with Gasteiger partial charge in [0.25, 0.3) is 0 Å². The Kier molecular flexibility index (Phi) is 6.35. The minimum absolute atomic E-state index is 0.250. The largest absolute Gasteiger partial charge is 0.443 e. The van der Waals surface area contributed by atoms with Gasteiger partial charge in [-0.05, 0) is 58.7 Å². The fourth-order valence-corrected chi connectivity index (χ4v) is 3.76. The predicted octanol–water partition coefficient (Wildman–Crippen LogP) is 5.18. The Hall–Kier alpha value is -2.40. The standard InChI is InChI=1S/C23H31N3O2/c1-5-26(22(27)28-23(2,3)4)21-19(13-9-15-24-21)20-14-10-16-25(20)17-18-11-7-6-8-12-18/h6-9,11-13,15,20H,5,10,14,16-17H2,1-4H3/t20-/m1/s1. The van der Waals surface area contributed by atoms with Crippen LogP contribution in [-0.2, 0) is 11.3 Å². The van der Waals surface area contributed by atoms with Gasteiger partial charge in [0, 0.05) is 30.9 Å². The third-order valence-electron chi connectivity index (χ3n) is 4.95. The summed E-state index contributed by atoms with van der Waals surface area (Å²) >= 11 is 0. The number of rotatable bonds is 5. The van der Waals surface area contributed by atoms with Crippen molar-refractivity contribution >= 4 is 11.9 Å². The van der Waals surface area contributed by atoms with Gasteiger partial charge in [0.05, 0.1) is 0 Å². The maximum absolute atomic E-state index is 12.8. The summed E-state index contributed by atoms with van der Waals surface area (Å²) < 4.78 is 5.62. The average molecular weight is 382 g/mol. The van der Waals surface area contributed by atoms with E-state index in [1.54, 1.807) is 11.1 Å². The normalized spacial score (nSPS) is 17.5. The lowest BCUT2D eigenvalue weighted by Gasteiger charge is -2.30. The molecule has 1 aliphatic rings. The lowest BCUT2D eigenvalue weighted by atomic mass is 10.0. The van der Waals surface area contributed by atoms with Gasteiger partial charge < -0.3 is 4.74 Å². The van der Waals surface area contributed by atoms with Crippen molar-refractivity contribution in [2.45, 2.75) is 58.7 Å². The summed E-state index contributed by atoms with van der Waals surface area (Å²) in [5, 5.41) is 0. The second kappa shape index (κ2) is 8.74. The summed E-state index contributed by atoms with van der Waals surface area (Å²) in [5.41, 5.74) is 1.87. The van der Waals surface area contributed by atoms with Crippen LogP contribution < -0.4 is 4.90 Å². The zero-order valence-electron chi connectivity index (χ0n) is 17.4. The summed E-state index contributed by atoms with van der Waals surface area (Å²) in [5.74, 6) is 0.712. The molecule has 1 aromatic carbocycles.